The fraction of sp³-hybridized carbons (Fsp3) is 0.478. The van der Waals surface area contributed by atoms with E-state index in [1.54, 1.807) is 64.3 Å². The smallest absolute Gasteiger partial charge is 0.409 e. The number of likely N-dealkylation sites (tertiary alicyclic amines) is 1. The number of methoxy groups -OCH3 is 1. The molecule has 2 aromatic carbocycles. The highest BCUT2D eigenvalue weighted by molar-refractivity contribution is 7.85. The third-order valence-electron chi connectivity index (χ3n) is 11.9. The van der Waals surface area contributed by atoms with E-state index in [4.69, 9.17) is 28.4 Å². The van der Waals surface area contributed by atoms with Crippen molar-refractivity contribution in [2.75, 3.05) is 19.0 Å². The number of carbonyl (C=O) groups excluding carboxylic acids is 4. The van der Waals surface area contributed by atoms with Gasteiger partial charge in [-0.25, -0.2) is 19.5 Å². The highest BCUT2D eigenvalue weighted by Crippen LogP contribution is 2.41. The summed E-state index contributed by atoms with van der Waals surface area (Å²) in [6, 6.07) is 12.6. The summed E-state index contributed by atoms with van der Waals surface area (Å²) in [7, 11) is -3.13. The minimum Gasteiger partial charge on any atom is -0.497 e. The van der Waals surface area contributed by atoms with Crippen LogP contribution in [0.3, 0.4) is 0 Å². The molecule has 4 amide bonds. The van der Waals surface area contributed by atoms with Gasteiger partial charge in [-0.05, 0) is 82.1 Å². The number of nitrogens with zero attached hydrogens (tertiary/aromatic N) is 3. The highest BCUT2D eigenvalue weighted by atomic mass is 32.2. The fourth-order valence-corrected chi connectivity index (χ4v) is 10.1. The molecule has 3 fully saturated rings. The number of fused-ring (bicyclic) bond motifs is 1. The van der Waals surface area contributed by atoms with E-state index in [2.05, 4.69) is 22.5 Å². The molecule has 5 atom stereocenters. The van der Waals surface area contributed by atoms with Crippen molar-refractivity contribution in [1.29, 1.82) is 0 Å². The summed E-state index contributed by atoms with van der Waals surface area (Å²) in [4.78, 5) is 68.1. The topological polar surface area (TPSA) is 216 Å². The molecule has 3 aliphatic rings. The molecular weight excluding hydrogens is 875 g/mol. The third-order valence-corrected chi connectivity index (χ3v) is 13.6. The summed E-state index contributed by atoms with van der Waals surface area (Å²) in [5.41, 5.74) is -0.923. The van der Waals surface area contributed by atoms with Gasteiger partial charge in [0.05, 0.1) is 24.9 Å². The Kier molecular flexibility index (Phi) is 13.9. The number of pyridine rings is 1. The molecule has 7 rings (SSSR count). The largest absolute Gasteiger partial charge is 0.497 e. The molecule has 2 saturated carbocycles. The van der Waals surface area contributed by atoms with Crippen LogP contribution in [0.1, 0.15) is 79.6 Å². The maximum Gasteiger partial charge on any atom is 0.409 e. The Balaban J connectivity index is 1.21. The van der Waals surface area contributed by atoms with Crippen LogP contribution in [0.4, 0.5) is 9.93 Å². The van der Waals surface area contributed by atoms with Gasteiger partial charge in [0.15, 0.2) is 5.13 Å². The quantitative estimate of drug-likeness (QED) is 0.0883. The molecular formula is C46H57N7O10S2. The maximum absolute atomic E-state index is 14.9. The van der Waals surface area contributed by atoms with E-state index in [0.29, 0.717) is 40.2 Å². The number of rotatable bonds is 16. The first-order chi connectivity index (χ1) is 30.9. The number of anilines is 1. The minimum absolute atomic E-state index is 0.0206. The zero-order valence-electron chi connectivity index (χ0n) is 37.4. The first-order valence-corrected chi connectivity index (χ1v) is 24.1. The lowest BCUT2D eigenvalue weighted by atomic mass is 9.66. The van der Waals surface area contributed by atoms with E-state index in [0.717, 1.165) is 30.8 Å². The maximum atomic E-state index is 14.9. The molecule has 4 aromatic rings. The van der Waals surface area contributed by atoms with Gasteiger partial charge in [-0.15, -0.1) is 17.9 Å². The number of hydrogen-bond donors (Lipinski definition) is 4. The molecule has 1 aliphatic heterocycles. The van der Waals surface area contributed by atoms with E-state index < -0.39 is 69.2 Å². The number of hydrogen-bond acceptors (Lipinski definition) is 14. The Hall–Kier alpha value is -5.95. The van der Waals surface area contributed by atoms with Crippen LogP contribution in [-0.2, 0) is 29.4 Å². The zero-order chi connectivity index (χ0) is 46.7. The second-order valence-corrected chi connectivity index (χ2v) is 20.2. The fourth-order valence-electron chi connectivity index (χ4n) is 8.46. The van der Waals surface area contributed by atoms with Crippen molar-refractivity contribution in [2.45, 2.75) is 115 Å². The van der Waals surface area contributed by atoms with Gasteiger partial charge in [-0.2, -0.15) is 8.42 Å². The molecule has 0 radical (unpaired) electrons. The average Bonchev–Trinajstić information content (AvgIpc) is 4.03. The first kappa shape index (κ1) is 47.0. The van der Waals surface area contributed by atoms with Gasteiger partial charge in [0, 0.05) is 41.3 Å². The SMILES string of the molecule is C=CC1CC[C@]1(NC(=O)[C@@H]1C[C@@H](Oc2cc(-c3csc(NC(C)C)n3)nc3cc(OC)ccc23)CN1C(=O)[C@@H](NC(=O)OC1CCCC1)C(C)(C)C)C(=O)NS(=O)(=O)Oc1ccccc1. The lowest BCUT2D eigenvalue weighted by molar-refractivity contribution is -0.145. The standard InChI is InChI=1S/C46H57N7O10S2/c1-8-28-20-21-46(28,42(56)52-65(58,59)63-30-16-10-9-11-17-30)51-40(54)37-23-32(25-53(37)41(55)39(45(4,5)6)50-44(57)62-29-14-12-13-15-29)61-38-24-35(36-26-64-43(49-36)47-27(2)3)48-34-22-31(60-7)18-19-33(34)38/h8-11,16-19,22,24,26-29,32,37,39H,1,12-15,20-21,23,25H2,2-7H3,(H,47,49)(H,50,57)(H,51,54)(H,52,56)/t28?,32-,37+,39-,46-/m1/s1. The molecule has 2 aliphatic carbocycles. The molecule has 0 spiro atoms. The Bertz CT molecular complexity index is 2520. The number of nitrogens with one attached hydrogen (secondary N) is 4. The number of benzene rings is 2. The molecule has 4 N–H and O–H groups in total. The first-order valence-electron chi connectivity index (χ1n) is 21.8. The summed E-state index contributed by atoms with van der Waals surface area (Å²) < 4.78 is 51.3. The van der Waals surface area contributed by atoms with Gasteiger partial charge < -0.3 is 39.2 Å². The Morgan fingerprint density at radius 3 is 2.35 bits per heavy atom. The van der Waals surface area contributed by atoms with Crippen LogP contribution in [0.5, 0.6) is 17.2 Å². The average molecular weight is 932 g/mol. The van der Waals surface area contributed by atoms with E-state index in [1.807, 2.05) is 30.0 Å². The summed E-state index contributed by atoms with van der Waals surface area (Å²) in [5, 5.41) is 12.2. The molecule has 1 unspecified atom stereocenters. The van der Waals surface area contributed by atoms with Crippen LogP contribution >= 0.6 is 11.3 Å². The molecule has 17 nitrogen and oxygen atoms in total. The number of aromatic nitrogens is 2. The third kappa shape index (κ3) is 10.8. The second-order valence-electron chi connectivity index (χ2n) is 18.1. The number of ether oxygens (including phenoxy) is 3. The van der Waals surface area contributed by atoms with Crippen LogP contribution in [0.15, 0.2) is 72.6 Å². The molecule has 348 valence electrons. The van der Waals surface area contributed by atoms with Crippen LogP contribution < -0.4 is 34.3 Å². The number of para-hydroxylation sites is 1. The monoisotopic (exact) mass is 931 g/mol. The van der Waals surface area contributed by atoms with Crippen LogP contribution in [0, 0.1) is 11.3 Å². The zero-order valence-corrected chi connectivity index (χ0v) is 39.1. The molecule has 3 heterocycles. The number of alkyl carbamates (subject to hydrolysis) is 1. The van der Waals surface area contributed by atoms with Gasteiger partial charge >= 0.3 is 16.4 Å². The van der Waals surface area contributed by atoms with Crippen molar-refractivity contribution in [3.05, 3.63) is 72.6 Å². The van der Waals surface area contributed by atoms with Gasteiger partial charge in [-0.3, -0.25) is 14.4 Å². The van der Waals surface area contributed by atoms with Crippen LogP contribution in [0.2, 0.25) is 0 Å². The van der Waals surface area contributed by atoms with Crippen molar-refractivity contribution in [3.63, 3.8) is 0 Å². The van der Waals surface area contributed by atoms with Gasteiger partial charge in [0.1, 0.15) is 52.8 Å². The normalized spacial score (nSPS) is 21.5. The van der Waals surface area contributed by atoms with Crippen molar-refractivity contribution in [1.82, 2.24) is 30.2 Å². The molecule has 65 heavy (non-hydrogen) atoms. The van der Waals surface area contributed by atoms with Gasteiger partial charge in [0.2, 0.25) is 11.8 Å². The molecule has 1 saturated heterocycles. The summed E-state index contributed by atoms with van der Waals surface area (Å²) in [6.07, 6.45) is 3.47. The molecule has 0 bridgehead atoms. The van der Waals surface area contributed by atoms with Crippen LogP contribution in [-0.4, -0.2) is 96.6 Å². The van der Waals surface area contributed by atoms with Gasteiger partial charge in [-0.1, -0.05) is 45.0 Å². The second kappa shape index (κ2) is 19.3. The Morgan fingerprint density at radius 2 is 1.71 bits per heavy atom. The molecule has 19 heteroatoms. The number of carbonyl (C=O) groups is 4. The van der Waals surface area contributed by atoms with Crippen molar-refractivity contribution in [2.24, 2.45) is 11.3 Å². The van der Waals surface area contributed by atoms with E-state index >= 15 is 0 Å². The van der Waals surface area contributed by atoms with Gasteiger partial charge in [0.25, 0.3) is 5.91 Å². The molecule has 2 aromatic heterocycles. The van der Waals surface area contributed by atoms with Crippen molar-refractivity contribution in [3.8, 4) is 28.6 Å². The summed E-state index contributed by atoms with van der Waals surface area (Å²) >= 11 is 1.44. The predicted molar refractivity (Wildman–Crippen MR) is 246 cm³/mol. The van der Waals surface area contributed by atoms with Crippen molar-refractivity contribution >= 4 is 61.5 Å². The van der Waals surface area contributed by atoms with Crippen molar-refractivity contribution < 1.29 is 46.0 Å². The minimum atomic E-state index is -4.69. The summed E-state index contributed by atoms with van der Waals surface area (Å²) in [5.74, 6) is -2.03. The Morgan fingerprint density at radius 1 is 0.969 bits per heavy atom. The Labute approximate surface area is 383 Å². The highest BCUT2D eigenvalue weighted by Gasteiger charge is 2.56. The van der Waals surface area contributed by atoms with E-state index in [1.165, 1.54) is 34.4 Å². The predicted octanol–water partition coefficient (Wildman–Crippen LogP) is 6.51. The summed E-state index contributed by atoms with van der Waals surface area (Å²) in [6.45, 7) is 13.2. The van der Waals surface area contributed by atoms with Crippen LogP contribution in [0.25, 0.3) is 22.3 Å². The van der Waals surface area contributed by atoms with E-state index in [9.17, 15) is 27.6 Å². The number of amides is 4. The number of thiazole rings is 1. The van der Waals surface area contributed by atoms with E-state index in [-0.39, 0.29) is 37.3 Å². The lowest BCUT2D eigenvalue weighted by Crippen LogP contribution is -2.70. The lowest BCUT2D eigenvalue weighted by Gasteiger charge is -2.47.